The summed E-state index contributed by atoms with van der Waals surface area (Å²) in [6.45, 7) is 0.702. The fourth-order valence-corrected chi connectivity index (χ4v) is 1.99. The molecule has 2 N–H and O–H groups in total. The minimum atomic E-state index is -0.607. The van der Waals surface area contributed by atoms with Gasteiger partial charge in [0.1, 0.15) is 0 Å². The van der Waals surface area contributed by atoms with E-state index in [0.29, 0.717) is 18.7 Å². The molecule has 106 valence electrons. The van der Waals surface area contributed by atoms with Gasteiger partial charge in [-0.3, -0.25) is 0 Å². The first-order valence-electron chi connectivity index (χ1n) is 6.47. The lowest BCUT2D eigenvalue weighted by Crippen LogP contribution is -2.21. The van der Waals surface area contributed by atoms with Gasteiger partial charge in [0, 0.05) is 18.7 Å². The zero-order valence-electron chi connectivity index (χ0n) is 11.3. The molecule has 2 rings (SSSR count). The molecule has 0 aromatic heterocycles. The number of aliphatic hydroxyl groups excluding tert-OH is 1. The van der Waals surface area contributed by atoms with E-state index < -0.39 is 6.10 Å². The second kappa shape index (κ2) is 7.03. The van der Waals surface area contributed by atoms with Crippen LogP contribution in [0.4, 0.5) is 4.39 Å². The van der Waals surface area contributed by atoms with Gasteiger partial charge in [-0.15, -0.1) is 0 Å². The molecule has 2 aromatic carbocycles. The third-order valence-electron chi connectivity index (χ3n) is 3.10. The summed E-state index contributed by atoms with van der Waals surface area (Å²) in [7, 11) is 1.44. The fourth-order valence-electron chi connectivity index (χ4n) is 1.99. The number of hydrogen-bond donors (Lipinski definition) is 2. The normalized spacial score (nSPS) is 12.2. The van der Waals surface area contributed by atoms with Crippen LogP contribution in [0.5, 0.6) is 5.75 Å². The monoisotopic (exact) mass is 275 g/mol. The topological polar surface area (TPSA) is 41.5 Å². The second-order valence-electron chi connectivity index (χ2n) is 4.49. The van der Waals surface area contributed by atoms with Crippen LogP contribution in [0.15, 0.2) is 48.5 Å². The van der Waals surface area contributed by atoms with E-state index in [2.05, 4.69) is 5.32 Å². The van der Waals surface area contributed by atoms with Crippen LogP contribution in [0.1, 0.15) is 17.2 Å². The zero-order valence-corrected chi connectivity index (χ0v) is 11.3. The van der Waals surface area contributed by atoms with Crippen molar-refractivity contribution in [3.63, 3.8) is 0 Å². The Kier molecular flexibility index (Phi) is 5.09. The molecule has 0 aliphatic rings. The molecule has 0 spiro atoms. The molecule has 2 aromatic rings. The van der Waals surface area contributed by atoms with Crippen LogP contribution < -0.4 is 10.1 Å². The molecule has 4 heteroatoms. The van der Waals surface area contributed by atoms with Crippen molar-refractivity contribution in [1.82, 2.24) is 5.32 Å². The van der Waals surface area contributed by atoms with E-state index in [4.69, 9.17) is 4.74 Å². The molecule has 1 atom stereocenters. The van der Waals surface area contributed by atoms with E-state index in [0.717, 1.165) is 5.56 Å². The Morgan fingerprint density at radius 2 is 1.90 bits per heavy atom. The van der Waals surface area contributed by atoms with Gasteiger partial charge in [-0.1, -0.05) is 42.5 Å². The molecule has 0 saturated heterocycles. The molecule has 0 saturated carbocycles. The Balaban J connectivity index is 1.90. The minimum absolute atomic E-state index is 0.230. The number of halogens is 1. The maximum atomic E-state index is 13.9. The lowest BCUT2D eigenvalue weighted by atomic mass is 10.1. The molecule has 0 amide bonds. The number of methoxy groups -OCH3 is 1. The van der Waals surface area contributed by atoms with Gasteiger partial charge in [0.15, 0.2) is 11.6 Å². The van der Waals surface area contributed by atoms with E-state index in [9.17, 15) is 9.50 Å². The van der Waals surface area contributed by atoms with Crippen molar-refractivity contribution in [1.29, 1.82) is 0 Å². The second-order valence-corrected chi connectivity index (χ2v) is 4.49. The van der Waals surface area contributed by atoms with Crippen LogP contribution in [-0.2, 0) is 6.54 Å². The van der Waals surface area contributed by atoms with Crippen molar-refractivity contribution in [3.8, 4) is 5.75 Å². The highest BCUT2D eigenvalue weighted by molar-refractivity contribution is 5.31. The average Bonchev–Trinajstić information content (AvgIpc) is 2.49. The molecule has 0 aliphatic carbocycles. The lowest BCUT2D eigenvalue weighted by molar-refractivity contribution is 0.174. The van der Waals surface area contributed by atoms with Crippen LogP contribution in [0, 0.1) is 5.82 Å². The van der Waals surface area contributed by atoms with Gasteiger partial charge in [-0.05, 0) is 11.6 Å². The van der Waals surface area contributed by atoms with E-state index >= 15 is 0 Å². The molecular formula is C16H18FNO2. The lowest BCUT2D eigenvalue weighted by Gasteiger charge is -2.13. The SMILES string of the molecule is COc1cccc(CNCC(O)c2ccccc2)c1F. The highest BCUT2D eigenvalue weighted by Gasteiger charge is 2.10. The molecular weight excluding hydrogens is 257 g/mol. The number of benzene rings is 2. The van der Waals surface area contributed by atoms with Crippen molar-refractivity contribution in [3.05, 3.63) is 65.5 Å². The summed E-state index contributed by atoms with van der Waals surface area (Å²) in [4.78, 5) is 0. The van der Waals surface area contributed by atoms with E-state index in [1.54, 1.807) is 18.2 Å². The molecule has 0 aliphatic heterocycles. The van der Waals surface area contributed by atoms with Gasteiger partial charge >= 0.3 is 0 Å². The highest BCUT2D eigenvalue weighted by atomic mass is 19.1. The van der Waals surface area contributed by atoms with Gasteiger partial charge in [-0.2, -0.15) is 0 Å². The number of nitrogens with one attached hydrogen (secondary N) is 1. The largest absolute Gasteiger partial charge is 0.494 e. The Morgan fingerprint density at radius 1 is 1.15 bits per heavy atom. The van der Waals surface area contributed by atoms with E-state index in [-0.39, 0.29) is 11.6 Å². The molecule has 0 heterocycles. The first-order valence-corrected chi connectivity index (χ1v) is 6.47. The molecule has 1 unspecified atom stereocenters. The summed E-state index contributed by atoms with van der Waals surface area (Å²) < 4.78 is 18.8. The molecule has 0 radical (unpaired) electrons. The van der Waals surface area contributed by atoms with E-state index in [1.165, 1.54) is 7.11 Å². The van der Waals surface area contributed by atoms with Crippen molar-refractivity contribution in [2.24, 2.45) is 0 Å². The Labute approximate surface area is 118 Å². The summed E-state index contributed by atoms with van der Waals surface area (Å²) in [5.74, 6) is -0.135. The maximum Gasteiger partial charge on any atom is 0.169 e. The minimum Gasteiger partial charge on any atom is -0.494 e. The quantitative estimate of drug-likeness (QED) is 0.851. The van der Waals surface area contributed by atoms with Crippen molar-refractivity contribution < 1.29 is 14.2 Å². The van der Waals surface area contributed by atoms with Crippen LogP contribution in [0.3, 0.4) is 0 Å². The maximum absolute atomic E-state index is 13.9. The molecule has 3 nitrogen and oxygen atoms in total. The summed E-state index contributed by atoms with van der Waals surface area (Å²) in [6, 6.07) is 14.4. The molecule has 0 fully saturated rings. The highest BCUT2D eigenvalue weighted by Crippen LogP contribution is 2.20. The number of aliphatic hydroxyl groups is 1. The molecule has 20 heavy (non-hydrogen) atoms. The number of ether oxygens (including phenoxy) is 1. The van der Waals surface area contributed by atoms with Crippen LogP contribution in [0.2, 0.25) is 0 Å². The van der Waals surface area contributed by atoms with Gasteiger partial charge in [-0.25, -0.2) is 4.39 Å². The zero-order chi connectivity index (χ0) is 14.4. The van der Waals surface area contributed by atoms with Crippen LogP contribution in [0.25, 0.3) is 0 Å². The summed E-state index contributed by atoms with van der Waals surface area (Å²) in [6.07, 6.45) is -0.607. The predicted molar refractivity (Wildman–Crippen MR) is 76.1 cm³/mol. The average molecular weight is 275 g/mol. The third-order valence-corrected chi connectivity index (χ3v) is 3.10. The van der Waals surface area contributed by atoms with Crippen molar-refractivity contribution in [2.45, 2.75) is 12.6 Å². The van der Waals surface area contributed by atoms with Crippen molar-refractivity contribution in [2.75, 3.05) is 13.7 Å². The third kappa shape index (κ3) is 3.56. The number of rotatable bonds is 6. The smallest absolute Gasteiger partial charge is 0.169 e. The Morgan fingerprint density at radius 3 is 2.60 bits per heavy atom. The standard InChI is InChI=1S/C16H18FNO2/c1-20-15-9-5-8-13(16(15)17)10-18-11-14(19)12-6-3-2-4-7-12/h2-9,14,18-19H,10-11H2,1H3. The first-order chi connectivity index (χ1) is 9.72. The van der Waals surface area contributed by atoms with Gasteiger partial charge in [0.25, 0.3) is 0 Å². The van der Waals surface area contributed by atoms with Crippen molar-refractivity contribution >= 4 is 0 Å². The van der Waals surface area contributed by atoms with Gasteiger partial charge < -0.3 is 15.2 Å². The van der Waals surface area contributed by atoms with Gasteiger partial charge in [0.05, 0.1) is 13.2 Å². The number of hydrogen-bond acceptors (Lipinski definition) is 3. The van der Waals surface area contributed by atoms with E-state index in [1.807, 2.05) is 30.3 Å². The molecule has 0 bridgehead atoms. The first kappa shape index (κ1) is 14.5. The summed E-state index contributed by atoms with van der Waals surface area (Å²) >= 11 is 0. The fraction of sp³-hybridized carbons (Fsp3) is 0.250. The Hall–Kier alpha value is -1.91. The van der Waals surface area contributed by atoms with Crippen LogP contribution >= 0.6 is 0 Å². The predicted octanol–water partition coefficient (Wildman–Crippen LogP) is 2.66. The van der Waals surface area contributed by atoms with Crippen LogP contribution in [-0.4, -0.2) is 18.8 Å². The Bertz CT molecular complexity index is 545. The van der Waals surface area contributed by atoms with Gasteiger partial charge in [0.2, 0.25) is 0 Å². The summed E-state index contributed by atoms with van der Waals surface area (Å²) in [5, 5.41) is 13.0. The summed E-state index contributed by atoms with van der Waals surface area (Å²) in [5.41, 5.74) is 1.36.